The number of aliphatic hydroxyl groups excluding tert-OH is 1. The van der Waals surface area contributed by atoms with E-state index in [1.807, 2.05) is 0 Å². The van der Waals surface area contributed by atoms with E-state index < -0.39 is 12.3 Å². The zero-order valence-corrected chi connectivity index (χ0v) is 5.76. The van der Waals surface area contributed by atoms with Crippen molar-refractivity contribution >= 4 is 12.3 Å². The molecule has 0 aromatic carbocycles. The predicted molar refractivity (Wildman–Crippen MR) is 34.1 cm³/mol. The molecule has 0 amide bonds. The standard InChI is InChI=1S/C2H6O.2CH2O3/c1-2-3;2*2-1(3)4/h3H,2H2,1H3;2*(H2,2,3,4). The van der Waals surface area contributed by atoms with Gasteiger partial charge >= 0.3 is 12.3 Å². The third-order valence-electron chi connectivity index (χ3n) is 0. The van der Waals surface area contributed by atoms with Crippen LogP contribution in [0.1, 0.15) is 6.92 Å². The molecular formula is C4H10O7. The van der Waals surface area contributed by atoms with Gasteiger partial charge in [0.2, 0.25) is 0 Å². The zero-order chi connectivity index (χ0) is 9.86. The van der Waals surface area contributed by atoms with E-state index in [4.69, 9.17) is 35.1 Å². The van der Waals surface area contributed by atoms with Crippen LogP contribution < -0.4 is 0 Å². The molecule has 7 heteroatoms. The van der Waals surface area contributed by atoms with Gasteiger partial charge in [0.05, 0.1) is 0 Å². The number of hydrogen-bond donors (Lipinski definition) is 5. The van der Waals surface area contributed by atoms with Crippen LogP contribution in [-0.4, -0.2) is 44.5 Å². The molecule has 0 fully saturated rings. The maximum atomic E-state index is 8.56. The molecular weight excluding hydrogens is 160 g/mol. The van der Waals surface area contributed by atoms with E-state index in [0.717, 1.165) is 0 Å². The first-order valence-electron chi connectivity index (χ1n) is 2.33. The van der Waals surface area contributed by atoms with E-state index in [9.17, 15) is 0 Å². The molecule has 0 radical (unpaired) electrons. The Morgan fingerprint density at radius 2 is 1.00 bits per heavy atom. The molecule has 0 saturated heterocycles. The van der Waals surface area contributed by atoms with Crippen molar-refractivity contribution in [1.29, 1.82) is 0 Å². The van der Waals surface area contributed by atoms with Crippen molar-refractivity contribution in [3.8, 4) is 0 Å². The highest BCUT2D eigenvalue weighted by molar-refractivity contribution is 5.53. The molecule has 0 aliphatic rings. The Morgan fingerprint density at radius 3 is 1.00 bits per heavy atom. The second kappa shape index (κ2) is 15.8. The van der Waals surface area contributed by atoms with E-state index in [-0.39, 0.29) is 6.61 Å². The summed E-state index contributed by atoms with van der Waals surface area (Å²) in [4.78, 5) is 17.1. The van der Waals surface area contributed by atoms with Gasteiger partial charge < -0.3 is 25.5 Å². The molecule has 0 aromatic rings. The second-order valence-electron chi connectivity index (χ2n) is 0.881. The van der Waals surface area contributed by atoms with Crippen LogP contribution in [0.25, 0.3) is 0 Å². The minimum absolute atomic E-state index is 0.250. The van der Waals surface area contributed by atoms with Crippen LogP contribution in [0.5, 0.6) is 0 Å². The van der Waals surface area contributed by atoms with Crippen LogP contribution >= 0.6 is 0 Å². The Bertz CT molecular complexity index is 78.6. The SMILES string of the molecule is CCO.O=C(O)O.O=C(O)O. The lowest BCUT2D eigenvalue weighted by atomic mass is 10.9. The lowest BCUT2D eigenvalue weighted by molar-refractivity contribution is 0.135. The Balaban J connectivity index is -0.0000000886. The maximum Gasteiger partial charge on any atom is 0.503 e. The van der Waals surface area contributed by atoms with Gasteiger partial charge in [0.25, 0.3) is 0 Å². The van der Waals surface area contributed by atoms with Gasteiger partial charge in [-0.15, -0.1) is 0 Å². The molecule has 11 heavy (non-hydrogen) atoms. The molecule has 68 valence electrons. The summed E-state index contributed by atoms with van der Waals surface area (Å²) in [6.07, 6.45) is -3.67. The molecule has 0 rings (SSSR count). The Labute approximate surface area is 62.1 Å². The van der Waals surface area contributed by atoms with Gasteiger partial charge in [-0.1, -0.05) is 0 Å². The highest BCUT2D eigenvalue weighted by Crippen LogP contribution is 1.43. The van der Waals surface area contributed by atoms with Crippen LogP contribution in [0, 0.1) is 0 Å². The first kappa shape index (κ1) is 16.2. The lowest BCUT2D eigenvalue weighted by Crippen LogP contribution is -1.81. The van der Waals surface area contributed by atoms with Crippen molar-refractivity contribution in [2.45, 2.75) is 6.92 Å². The molecule has 0 saturated carbocycles. The first-order valence-corrected chi connectivity index (χ1v) is 2.33. The molecule has 0 heterocycles. The van der Waals surface area contributed by atoms with Gasteiger partial charge in [0.15, 0.2) is 0 Å². The fraction of sp³-hybridized carbons (Fsp3) is 0.500. The normalized spacial score (nSPS) is 6.00. The van der Waals surface area contributed by atoms with Crippen molar-refractivity contribution in [3.63, 3.8) is 0 Å². The molecule has 0 atom stereocenters. The Morgan fingerprint density at radius 1 is 1.00 bits per heavy atom. The summed E-state index contributed by atoms with van der Waals surface area (Å²) < 4.78 is 0. The third kappa shape index (κ3) is 160. The van der Waals surface area contributed by atoms with Crippen molar-refractivity contribution in [1.82, 2.24) is 0 Å². The van der Waals surface area contributed by atoms with Gasteiger partial charge in [0.1, 0.15) is 0 Å². The average Bonchev–Trinajstić information content (AvgIpc) is 1.60. The summed E-state index contributed by atoms with van der Waals surface area (Å²) in [7, 11) is 0. The number of carbonyl (C=O) groups is 2. The average molecular weight is 170 g/mol. The van der Waals surface area contributed by atoms with E-state index in [2.05, 4.69) is 0 Å². The summed E-state index contributed by atoms with van der Waals surface area (Å²) in [5, 5.41) is 35.5. The van der Waals surface area contributed by atoms with Crippen LogP contribution in [0.3, 0.4) is 0 Å². The maximum absolute atomic E-state index is 8.56. The van der Waals surface area contributed by atoms with E-state index in [1.165, 1.54) is 0 Å². The largest absolute Gasteiger partial charge is 0.503 e. The number of aliphatic hydroxyl groups is 1. The highest BCUT2D eigenvalue weighted by Gasteiger charge is 1.70. The van der Waals surface area contributed by atoms with E-state index in [0.29, 0.717) is 0 Å². The molecule has 5 N–H and O–H groups in total. The summed E-state index contributed by atoms with van der Waals surface area (Å²) in [5.74, 6) is 0. The van der Waals surface area contributed by atoms with Crippen LogP contribution in [0.15, 0.2) is 0 Å². The molecule has 0 bridgehead atoms. The van der Waals surface area contributed by atoms with Crippen molar-refractivity contribution in [2.24, 2.45) is 0 Å². The summed E-state index contributed by atoms with van der Waals surface area (Å²) in [6.45, 7) is 1.93. The van der Waals surface area contributed by atoms with E-state index in [1.54, 1.807) is 6.92 Å². The van der Waals surface area contributed by atoms with Gasteiger partial charge in [-0.25, -0.2) is 9.59 Å². The van der Waals surface area contributed by atoms with Crippen molar-refractivity contribution in [2.75, 3.05) is 6.61 Å². The third-order valence-corrected chi connectivity index (χ3v) is 0. The molecule has 7 nitrogen and oxygen atoms in total. The molecule has 0 aliphatic carbocycles. The predicted octanol–water partition coefficient (Wildman–Crippen LogP) is 0.443. The first-order chi connectivity index (χ1) is 4.88. The second-order valence-corrected chi connectivity index (χ2v) is 0.881. The van der Waals surface area contributed by atoms with Crippen LogP contribution in [0.2, 0.25) is 0 Å². The number of carboxylic acid groups (broad SMARTS) is 4. The van der Waals surface area contributed by atoms with Gasteiger partial charge in [-0.2, -0.15) is 0 Å². The quantitative estimate of drug-likeness (QED) is 0.356. The van der Waals surface area contributed by atoms with E-state index >= 15 is 0 Å². The van der Waals surface area contributed by atoms with Crippen LogP contribution in [-0.2, 0) is 0 Å². The highest BCUT2D eigenvalue weighted by atomic mass is 16.6. The lowest BCUT2D eigenvalue weighted by Gasteiger charge is -1.60. The number of hydrogen-bond acceptors (Lipinski definition) is 3. The molecule has 0 unspecified atom stereocenters. The van der Waals surface area contributed by atoms with Gasteiger partial charge in [-0.3, -0.25) is 0 Å². The van der Waals surface area contributed by atoms with Gasteiger partial charge in [-0.05, 0) is 6.92 Å². The zero-order valence-electron chi connectivity index (χ0n) is 5.76. The minimum Gasteiger partial charge on any atom is -0.450 e. The summed E-state index contributed by atoms with van der Waals surface area (Å²) >= 11 is 0. The fourth-order valence-corrected chi connectivity index (χ4v) is 0. The van der Waals surface area contributed by atoms with Crippen LogP contribution in [0.4, 0.5) is 9.59 Å². The Hall–Kier alpha value is -1.50. The van der Waals surface area contributed by atoms with Crippen molar-refractivity contribution in [3.05, 3.63) is 0 Å². The molecule has 0 spiro atoms. The monoisotopic (exact) mass is 170 g/mol. The van der Waals surface area contributed by atoms with Gasteiger partial charge in [0, 0.05) is 6.61 Å². The summed E-state index contributed by atoms with van der Waals surface area (Å²) in [5.41, 5.74) is 0. The van der Waals surface area contributed by atoms with Crippen molar-refractivity contribution < 1.29 is 35.1 Å². The number of rotatable bonds is 0. The fourth-order valence-electron chi connectivity index (χ4n) is 0. The Kier molecular flexibility index (Phi) is 23.3. The molecule has 0 aromatic heterocycles. The summed E-state index contributed by atoms with van der Waals surface area (Å²) in [6, 6.07) is 0. The smallest absolute Gasteiger partial charge is 0.450 e. The molecule has 0 aliphatic heterocycles. The topological polar surface area (TPSA) is 135 Å². The minimum atomic E-state index is -1.83.